The van der Waals surface area contributed by atoms with Gasteiger partial charge in [0.2, 0.25) is 0 Å². The molecule has 1 atom stereocenters. The number of aromatic amines is 2. The summed E-state index contributed by atoms with van der Waals surface area (Å²) in [5.74, 6) is -1.24. The average molecular weight is 441 g/mol. The van der Waals surface area contributed by atoms with Crippen LogP contribution in [0.2, 0.25) is 0 Å². The second kappa shape index (κ2) is 7.70. The number of carbonyl (C=O) groups excluding carboxylic acids is 1. The van der Waals surface area contributed by atoms with Gasteiger partial charge < -0.3 is 19.9 Å². The second-order valence-corrected chi connectivity index (χ2v) is 8.68. The lowest BCUT2D eigenvalue weighted by Crippen LogP contribution is -2.38. The molecule has 4 N–H and O–H groups in total. The number of aromatic nitrogens is 2. The molecule has 0 radical (unpaired) electrons. The molecule has 0 unspecified atom stereocenters. The van der Waals surface area contributed by atoms with Gasteiger partial charge in [-0.2, -0.15) is 0 Å². The number of aliphatic carboxylic acids is 1. The van der Waals surface area contributed by atoms with Gasteiger partial charge in [0.1, 0.15) is 5.82 Å². The Morgan fingerprint density at radius 1 is 1.16 bits per heavy atom. The van der Waals surface area contributed by atoms with Crippen molar-refractivity contribution >= 4 is 17.6 Å². The number of nitrogens with one attached hydrogen (secondary N) is 3. The SMILES string of the molecule is COc1cc([C@@H]2C3=C(CC(C)(C)CC3=O)Nc3[nH]c(=O)[nH]c(=O)c32)ccc1OCC(=O)O. The Balaban J connectivity index is 1.90. The predicted molar refractivity (Wildman–Crippen MR) is 114 cm³/mol. The van der Waals surface area contributed by atoms with Crippen molar-refractivity contribution in [1.82, 2.24) is 9.97 Å². The molecule has 4 rings (SSSR count). The van der Waals surface area contributed by atoms with E-state index in [1.54, 1.807) is 12.1 Å². The number of hydrogen-bond donors (Lipinski definition) is 4. The summed E-state index contributed by atoms with van der Waals surface area (Å²) >= 11 is 0. The normalized spacial score (nSPS) is 19.0. The highest BCUT2D eigenvalue weighted by Gasteiger charge is 2.42. The van der Waals surface area contributed by atoms with E-state index >= 15 is 0 Å². The third-order valence-electron chi connectivity index (χ3n) is 5.62. The van der Waals surface area contributed by atoms with Gasteiger partial charge in [-0.15, -0.1) is 0 Å². The predicted octanol–water partition coefficient (Wildman–Crippen LogP) is 1.74. The average Bonchev–Trinajstić information content (AvgIpc) is 2.69. The van der Waals surface area contributed by atoms with Crippen molar-refractivity contribution in [2.75, 3.05) is 19.0 Å². The maximum absolute atomic E-state index is 13.2. The number of H-pyrrole nitrogens is 2. The van der Waals surface area contributed by atoms with Crippen LogP contribution >= 0.6 is 0 Å². The Morgan fingerprint density at radius 2 is 1.91 bits per heavy atom. The highest BCUT2D eigenvalue weighted by Crippen LogP contribution is 2.48. The molecule has 2 aliphatic rings. The van der Waals surface area contributed by atoms with E-state index in [0.717, 1.165) is 0 Å². The Labute approximate surface area is 182 Å². The van der Waals surface area contributed by atoms with E-state index in [1.807, 2.05) is 13.8 Å². The Bertz CT molecular complexity index is 1270. The summed E-state index contributed by atoms with van der Waals surface area (Å²) < 4.78 is 10.6. The molecular formula is C22H23N3O7. The minimum Gasteiger partial charge on any atom is -0.493 e. The Morgan fingerprint density at radius 3 is 2.59 bits per heavy atom. The van der Waals surface area contributed by atoms with E-state index < -0.39 is 29.7 Å². The first-order chi connectivity index (χ1) is 15.1. The number of ether oxygens (including phenoxy) is 2. The van der Waals surface area contributed by atoms with Gasteiger partial charge in [0.05, 0.1) is 12.7 Å². The first kappa shape index (κ1) is 21.4. The highest BCUT2D eigenvalue weighted by molar-refractivity contribution is 6.01. The summed E-state index contributed by atoms with van der Waals surface area (Å²) in [5, 5.41) is 12.0. The van der Waals surface area contributed by atoms with Crippen molar-refractivity contribution in [3.63, 3.8) is 0 Å². The van der Waals surface area contributed by atoms with Gasteiger partial charge in [0.15, 0.2) is 23.9 Å². The van der Waals surface area contributed by atoms with Crippen LogP contribution in [-0.4, -0.2) is 40.5 Å². The number of carboxylic acids is 1. The lowest BCUT2D eigenvalue weighted by molar-refractivity contribution is -0.139. The van der Waals surface area contributed by atoms with Crippen LogP contribution in [0.4, 0.5) is 5.82 Å². The number of methoxy groups -OCH3 is 1. The fourth-order valence-corrected chi connectivity index (χ4v) is 4.40. The number of carbonyl (C=O) groups is 2. The van der Waals surface area contributed by atoms with Crippen molar-refractivity contribution in [3.05, 3.63) is 61.4 Å². The van der Waals surface area contributed by atoms with Crippen LogP contribution in [0.5, 0.6) is 11.5 Å². The molecule has 168 valence electrons. The van der Waals surface area contributed by atoms with Crippen molar-refractivity contribution in [3.8, 4) is 11.5 Å². The summed E-state index contributed by atoms with van der Waals surface area (Å²) in [7, 11) is 1.41. The minimum atomic E-state index is -1.14. The molecule has 0 spiro atoms. The van der Waals surface area contributed by atoms with E-state index in [4.69, 9.17) is 14.6 Å². The molecule has 2 heterocycles. The summed E-state index contributed by atoms with van der Waals surface area (Å²) in [5.41, 5.74) is 0.392. The van der Waals surface area contributed by atoms with Crippen LogP contribution in [0.15, 0.2) is 39.1 Å². The number of benzene rings is 1. The number of hydrogen-bond acceptors (Lipinski definition) is 7. The largest absolute Gasteiger partial charge is 0.493 e. The van der Waals surface area contributed by atoms with Crippen molar-refractivity contribution in [2.45, 2.75) is 32.6 Å². The van der Waals surface area contributed by atoms with E-state index in [2.05, 4.69) is 15.3 Å². The van der Waals surface area contributed by atoms with Gasteiger partial charge in [-0.05, 0) is 29.5 Å². The van der Waals surface area contributed by atoms with Gasteiger partial charge in [-0.25, -0.2) is 9.59 Å². The van der Waals surface area contributed by atoms with Crippen LogP contribution in [-0.2, 0) is 9.59 Å². The van der Waals surface area contributed by atoms with Crippen molar-refractivity contribution in [1.29, 1.82) is 0 Å². The molecule has 10 nitrogen and oxygen atoms in total. The highest BCUT2D eigenvalue weighted by atomic mass is 16.5. The lowest BCUT2D eigenvalue weighted by atomic mass is 9.69. The molecule has 1 aliphatic heterocycles. The molecule has 1 aliphatic carbocycles. The molecule has 0 fully saturated rings. The molecular weight excluding hydrogens is 418 g/mol. The number of anilines is 1. The number of Topliss-reactive ketones (excluding diaryl/α,β-unsaturated/α-hetero) is 1. The fraction of sp³-hybridized carbons (Fsp3) is 0.364. The van der Waals surface area contributed by atoms with Crippen LogP contribution in [0.25, 0.3) is 0 Å². The van der Waals surface area contributed by atoms with E-state index in [-0.39, 0.29) is 34.1 Å². The van der Waals surface area contributed by atoms with Gasteiger partial charge in [0.25, 0.3) is 5.56 Å². The number of allylic oxidation sites excluding steroid dienone is 2. The quantitative estimate of drug-likeness (QED) is 0.548. The zero-order valence-electron chi connectivity index (χ0n) is 17.8. The molecule has 32 heavy (non-hydrogen) atoms. The molecule has 0 amide bonds. The second-order valence-electron chi connectivity index (χ2n) is 8.68. The molecule has 0 saturated carbocycles. The van der Waals surface area contributed by atoms with Gasteiger partial charge in [-0.1, -0.05) is 19.9 Å². The third kappa shape index (κ3) is 3.79. The van der Waals surface area contributed by atoms with Crippen molar-refractivity contribution in [2.24, 2.45) is 5.41 Å². The van der Waals surface area contributed by atoms with E-state index in [1.165, 1.54) is 13.2 Å². The maximum atomic E-state index is 13.2. The fourth-order valence-electron chi connectivity index (χ4n) is 4.40. The number of carboxylic acid groups (broad SMARTS) is 1. The topological polar surface area (TPSA) is 151 Å². The monoisotopic (exact) mass is 441 g/mol. The van der Waals surface area contributed by atoms with Crippen molar-refractivity contribution < 1.29 is 24.2 Å². The number of rotatable bonds is 5. The van der Waals surface area contributed by atoms with Crippen LogP contribution in [0.1, 0.15) is 43.7 Å². The van der Waals surface area contributed by atoms with Crippen LogP contribution < -0.4 is 26.0 Å². The molecule has 10 heteroatoms. The van der Waals surface area contributed by atoms with Gasteiger partial charge >= 0.3 is 11.7 Å². The molecule has 0 bridgehead atoms. The van der Waals surface area contributed by atoms with Gasteiger partial charge in [0, 0.05) is 23.6 Å². The third-order valence-corrected chi connectivity index (χ3v) is 5.62. The Kier molecular flexibility index (Phi) is 5.15. The van der Waals surface area contributed by atoms with Gasteiger partial charge in [-0.3, -0.25) is 19.6 Å². The summed E-state index contributed by atoms with van der Waals surface area (Å²) in [6.07, 6.45) is 0.882. The zero-order valence-corrected chi connectivity index (χ0v) is 17.8. The molecule has 0 saturated heterocycles. The molecule has 2 aromatic rings. The first-order valence-corrected chi connectivity index (χ1v) is 10.0. The van der Waals surface area contributed by atoms with E-state index in [0.29, 0.717) is 29.7 Å². The zero-order chi connectivity index (χ0) is 23.2. The van der Waals surface area contributed by atoms with Crippen LogP contribution in [0.3, 0.4) is 0 Å². The van der Waals surface area contributed by atoms with E-state index in [9.17, 15) is 19.2 Å². The molecule has 1 aromatic heterocycles. The number of ketones is 1. The first-order valence-electron chi connectivity index (χ1n) is 10.0. The minimum absolute atomic E-state index is 0.0878. The smallest absolute Gasteiger partial charge is 0.341 e. The maximum Gasteiger partial charge on any atom is 0.341 e. The Hall–Kier alpha value is -3.82. The summed E-state index contributed by atoms with van der Waals surface area (Å²) in [4.78, 5) is 53.6. The molecule has 1 aromatic carbocycles. The number of fused-ring (bicyclic) bond motifs is 1. The van der Waals surface area contributed by atoms with Crippen LogP contribution in [0, 0.1) is 5.41 Å². The lowest BCUT2D eigenvalue weighted by Gasteiger charge is -2.38. The standard InChI is InChI=1S/C22H23N3O7/c1-22(2)7-11-17(12(26)8-22)16(18-19(23-11)24-21(30)25-20(18)29)10-4-5-13(14(6-10)31-3)32-9-15(27)28/h4-6,16H,7-9H2,1-3H3,(H,27,28)(H3,23,24,25,29,30)/t16-/m1/s1. The summed E-state index contributed by atoms with van der Waals surface area (Å²) in [6, 6.07) is 4.80. The summed E-state index contributed by atoms with van der Waals surface area (Å²) in [6.45, 7) is 3.42.